The minimum absolute atomic E-state index is 0.0464. The average Bonchev–Trinajstić information content (AvgIpc) is 3.46. The van der Waals surface area contributed by atoms with Gasteiger partial charge in [-0.25, -0.2) is 4.39 Å². The van der Waals surface area contributed by atoms with Gasteiger partial charge in [0.25, 0.3) is 11.8 Å². The van der Waals surface area contributed by atoms with E-state index >= 15 is 0 Å². The van der Waals surface area contributed by atoms with Crippen molar-refractivity contribution in [2.45, 2.75) is 30.9 Å². The summed E-state index contributed by atoms with van der Waals surface area (Å²) in [6.07, 6.45) is 3.71. The second kappa shape index (κ2) is 9.93. The Balaban J connectivity index is 1.25. The van der Waals surface area contributed by atoms with Crippen LogP contribution in [0.15, 0.2) is 59.8 Å². The van der Waals surface area contributed by atoms with Crippen LogP contribution in [0.25, 0.3) is 10.9 Å². The highest BCUT2D eigenvalue weighted by molar-refractivity contribution is 8.02. The van der Waals surface area contributed by atoms with Gasteiger partial charge in [-0.2, -0.15) is 0 Å². The monoisotopic (exact) mass is 513 g/mol. The number of nitrogens with one attached hydrogen (secondary N) is 2. The molecule has 1 aromatic heterocycles. The number of carbonyl (C=O) groups excluding carboxylic acids is 2. The Labute approximate surface area is 211 Å². The lowest BCUT2D eigenvalue weighted by atomic mass is 10.0. The highest BCUT2D eigenvalue weighted by atomic mass is 35.5. The number of para-hydroxylation sites is 1. The molecule has 4 N–H and O–H groups in total. The topological polar surface area (TPSA) is 94.5 Å². The molecular weight excluding hydrogens is 489 g/mol. The molecule has 35 heavy (non-hydrogen) atoms. The van der Waals surface area contributed by atoms with Crippen LogP contribution in [0.1, 0.15) is 28.8 Å². The van der Waals surface area contributed by atoms with Crippen molar-refractivity contribution in [2.75, 3.05) is 13.1 Å². The van der Waals surface area contributed by atoms with E-state index in [1.807, 2.05) is 17.0 Å². The largest absolute Gasteiger partial charge is 0.364 e. The van der Waals surface area contributed by atoms with Crippen LogP contribution in [0.2, 0.25) is 5.02 Å². The van der Waals surface area contributed by atoms with E-state index in [0.717, 1.165) is 44.1 Å². The van der Waals surface area contributed by atoms with E-state index in [0.29, 0.717) is 5.70 Å². The summed E-state index contributed by atoms with van der Waals surface area (Å²) in [6, 6.07) is 12.1. The summed E-state index contributed by atoms with van der Waals surface area (Å²) in [7, 11) is 0. The number of aromatic amines is 1. The van der Waals surface area contributed by atoms with Crippen LogP contribution in [-0.4, -0.2) is 51.2 Å². The third-order valence-electron chi connectivity index (χ3n) is 6.55. The average molecular weight is 514 g/mol. The van der Waals surface area contributed by atoms with Gasteiger partial charge in [-0.15, -0.1) is 0 Å². The molecule has 1 atom stereocenters. The SMILES string of the molecule is NC(=O)C1=CSC(NC(=O)c2ccc(F)c(Cl)c2)N1C1CCN(Cc2c[nH]c3ccccc23)CC1. The molecule has 3 heterocycles. The molecule has 0 radical (unpaired) electrons. The number of piperidine rings is 1. The number of rotatable bonds is 6. The van der Waals surface area contributed by atoms with Crippen molar-refractivity contribution >= 4 is 46.1 Å². The van der Waals surface area contributed by atoms with Gasteiger partial charge < -0.3 is 20.9 Å². The van der Waals surface area contributed by atoms with Crippen molar-refractivity contribution in [1.29, 1.82) is 0 Å². The van der Waals surface area contributed by atoms with Gasteiger partial charge in [-0.3, -0.25) is 14.5 Å². The number of carbonyl (C=O) groups is 2. The number of fused-ring (bicyclic) bond motifs is 1. The highest BCUT2D eigenvalue weighted by Gasteiger charge is 2.37. The summed E-state index contributed by atoms with van der Waals surface area (Å²) in [5.74, 6) is -1.51. The number of nitrogens with zero attached hydrogens (tertiary/aromatic N) is 2. The van der Waals surface area contributed by atoms with Crippen molar-refractivity contribution in [3.05, 3.63) is 81.7 Å². The zero-order valence-electron chi connectivity index (χ0n) is 18.8. The number of aromatic nitrogens is 1. The zero-order chi connectivity index (χ0) is 24.5. The fourth-order valence-corrected chi connectivity index (χ4v) is 6.02. The first-order valence-electron chi connectivity index (χ1n) is 11.4. The van der Waals surface area contributed by atoms with E-state index < -0.39 is 23.1 Å². The number of nitrogens with two attached hydrogens (primary N) is 1. The highest BCUT2D eigenvalue weighted by Crippen LogP contribution is 2.35. The van der Waals surface area contributed by atoms with E-state index in [2.05, 4.69) is 33.5 Å². The predicted octanol–water partition coefficient (Wildman–Crippen LogP) is 4.01. The van der Waals surface area contributed by atoms with E-state index in [1.165, 1.54) is 34.8 Å². The Morgan fingerprint density at radius 2 is 1.97 bits per heavy atom. The quantitative estimate of drug-likeness (QED) is 0.463. The predicted molar refractivity (Wildman–Crippen MR) is 136 cm³/mol. The Morgan fingerprint density at radius 1 is 1.20 bits per heavy atom. The lowest BCUT2D eigenvalue weighted by Crippen LogP contribution is -2.52. The maximum Gasteiger partial charge on any atom is 0.265 e. The molecule has 2 aliphatic heterocycles. The van der Waals surface area contributed by atoms with E-state index in [-0.39, 0.29) is 16.6 Å². The van der Waals surface area contributed by atoms with Gasteiger partial charge in [0, 0.05) is 53.7 Å². The summed E-state index contributed by atoms with van der Waals surface area (Å²) in [5, 5.41) is 5.74. The van der Waals surface area contributed by atoms with Crippen LogP contribution < -0.4 is 11.1 Å². The molecular formula is C25H25ClFN5O2S. The third kappa shape index (κ3) is 4.89. The first kappa shape index (κ1) is 23.7. The van der Waals surface area contributed by atoms with E-state index in [1.54, 1.807) is 5.41 Å². The number of likely N-dealkylation sites (tertiary alicyclic amines) is 1. The van der Waals surface area contributed by atoms with Crippen LogP contribution in [0.5, 0.6) is 0 Å². The van der Waals surface area contributed by atoms with Crippen LogP contribution in [-0.2, 0) is 11.3 Å². The maximum absolute atomic E-state index is 13.5. The molecule has 2 aliphatic rings. The number of H-pyrrole nitrogens is 1. The Hall–Kier alpha value is -3.01. The lowest BCUT2D eigenvalue weighted by molar-refractivity contribution is -0.116. The number of primary amides is 1. The van der Waals surface area contributed by atoms with Crippen molar-refractivity contribution in [3.63, 3.8) is 0 Å². The first-order valence-corrected chi connectivity index (χ1v) is 12.7. The lowest BCUT2D eigenvalue weighted by Gasteiger charge is -2.41. The van der Waals surface area contributed by atoms with Gasteiger partial charge >= 0.3 is 0 Å². The smallest absolute Gasteiger partial charge is 0.265 e. The molecule has 2 aromatic carbocycles. The number of amides is 2. The molecule has 0 spiro atoms. The molecule has 7 nitrogen and oxygen atoms in total. The minimum atomic E-state index is -0.586. The zero-order valence-corrected chi connectivity index (χ0v) is 20.4. The summed E-state index contributed by atoms with van der Waals surface area (Å²) in [6.45, 7) is 2.55. The summed E-state index contributed by atoms with van der Waals surface area (Å²) in [5.41, 5.74) is 8.20. The fourth-order valence-electron chi connectivity index (χ4n) is 4.75. The molecule has 1 unspecified atom stereocenters. The fraction of sp³-hybridized carbons (Fsp3) is 0.280. The van der Waals surface area contributed by atoms with Crippen LogP contribution >= 0.6 is 23.4 Å². The summed E-state index contributed by atoms with van der Waals surface area (Å²) in [4.78, 5) is 32.6. The van der Waals surface area contributed by atoms with E-state index in [9.17, 15) is 14.0 Å². The van der Waals surface area contributed by atoms with Crippen molar-refractivity contribution < 1.29 is 14.0 Å². The Morgan fingerprint density at radius 3 is 2.71 bits per heavy atom. The van der Waals surface area contributed by atoms with Crippen LogP contribution in [0.3, 0.4) is 0 Å². The Kier molecular flexibility index (Phi) is 6.73. The van der Waals surface area contributed by atoms with Gasteiger partial charge in [-0.05, 0) is 42.7 Å². The van der Waals surface area contributed by atoms with E-state index in [4.69, 9.17) is 17.3 Å². The molecule has 0 bridgehead atoms. The first-order chi connectivity index (χ1) is 16.9. The van der Waals surface area contributed by atoms with Gasteiger partial charge in [0.2, 0.25) is 0 Å². The number of halogens is 2. The second-order valence-electron chi connectivity index (χ2n) is 8.73. The molecule has 1 saturated heterocycles. The van der Waals surface area contributed by atoms with Gasteiger partial charge in [0.05, 0.1) is 5.02 Å². The summed E-state index contributed by atoms with van der Waals surface area (Å²) >= 11 is 7.16. The standard InChI is InChI=1S/C25H25ClFN5O2S/c26-19-11-15(5-6-20(19)27)24(34)30-25-32(22(14-35-25)23(28)33)17-7-9-31(10-8-17)13-16-12-29-21-4-2-1-3-18(16)21/h1-6,11-12,14,17,25,29H,7-10,13H2,(H2,28,33)(H,30,34). The minimum Gasteiger partial charge on any atom is -0.364 e. The maximum atomic E-state index is 13.5. The van der Waals surface area contributed by atoms with Gasteiger partial charge in [0.15, 0.2) is 5.50 Å². The number of thioether (sulfide) groups is 1. The molecule has 1 fully saturated rings. The van der Waals surface area contributed by atoms with Crippen molar-refractivity contribution in [1.82, 2.24) is 20.1 Å². The number of hydrogen-bond acceptors (Lipinski definition) is 5. The molecule has 182 valence electrons. The normalized spacial score (nSPS) is 19.2. The number of hydrogen-bond donors (Lipinski definition) is 3. The van der Waals surface area contributed by atoms with Crippen molar-refractivity contribution in [3.8, 4) is 0 Å². The third-order valence-corrected chi connectivity index (χ3v) is 7.80. The van der Waals surface area contributed by atoms with Crippen LogP contribution in [0, 0.1) is 5.82 Å². The van der Waals surface area contributed by atoms with Crippen LogP contribution in [0.4, 0.5) is 4.39 Å². The van der Waals surface area contributed by atoms with Gasteiger partial charge in [0.1, 0.15) is 11.5 Å². The second-order valence-corrected chi connectivity index (χ2v) is 10.1. The molecule has 5 rings (SSSR count). The Bertz CT molecular complexity index is 1300. The molecule has 10 heteroatoms. The molecule has 3 aromatic rings. The summed E-state index contributed by atoms with van der Waals surface area (Å²) < 4.78 is 13.5. The molecule has 0 aliphatic carbocycles. The molecule has 0 saturated carbocycles. The number of benzene rings is 2. The van der Waals surface area contributed by atoms with Crippen molar-refractivity contribution in [2.24, 2.45) is 5.73 Å². The van der Waals surface area contributed by atoms with Gasteiger partial charge in [-0.1, -0.05) is 41.6 Å². The molecule has 2 amide bonds.